The van der Waals surface area contributed by atoms with Crippen LogP contribution in [0.2, 0.25) is 0 Å². The number of carbonyl (C=O) groups excluding carboxylic acids is 1. The van der Waals surface area contributed by atoms with Gasteiger partial charge >= 0.3 is 5.97 Å². The van der Waals surface area contributed by atoms with Crippen LogP contribution in [0.25, 0.3) is 0 Å². The van der Waals surface area contributed by atoms with Crippen LogP contribution in [0.4, 0.5) is 5.69 Å². The van der Waals surface area contributed by atoms with E-state index in [1.54, 1.807) is 11.8 Å². The van der Waals surface area contributed by atoms with Crippen molar-refractivity contribution in [3.8, 4) is 0 Å². The lowest BCUT2D eigenvalue weighted by atomic mass is 10.1. The summed E-state index contributed by atoms with van der Waals surface area (Å²) in [6.07, 6.45) is 12.7. The first-order valence-electron chi connectivity index (χ1n) is 13.6. The minimum atomic E-state index is -2.88. The van der Waals surface area contributed by atoms with Gasteiger partial charge in [0.15, 0.2) is 9.84 Å². The first kappa shape index (κ1) is 32.5. The molecule has 36 heavy (non-hydrogen) atoms. The molecule has 0 aliphatic rings. The van der Waals surface area contributed by atoms with Gasteiger partial charge in [0.05, 0.1) is 17.2 Å². The number of carboxylic acid groups (broad SMARTS) is 1. The first-order valence-corrected chi connectivity index (χ1v) is 16.4. The molecule has 0 fully saturated rings. The normalized spacial score (nSPS) is 11.6. The SMILES string of the molecule is CC(C)CS(=O)(=O)CCCCCCCCCCCC(=O)Nc1ccccc1SCCCCCC(=O)O. The summed E-state index contributed by atoms with van der Waals surface area (Å²) in [6.45, 7) is 3.89. The maximum atomic E-state index is 12.4. The highest BCUT2D eigenvalue weighted by Crippen LogP contribution is 2.28. The minimum Gasteiger partial charge on any atom is -0.481 e. The van der Waals surface area contributed by atoms with Crippen LogP contribution in [0, 0.1) is 5.92 Å². The second-order valence-electron chi connectivity index (χ2n) is 10.0. The molecule has 0 saturated carbocycles. The van der Waals surface area contributed by atoms with E-state index in [1.165, 1.54) is 12.8 Å². The second-order valence-corrected chi connectivity index (χ2v) is 13.4. The van der Waals surface area contributed by atoms with Crippen LogP contribution in [-0.4, -0.2) is 42.7 Å². The fourth-order valence-corrected chi connectivity index (χ4v) is 6.93. The van der Waals surface area contributed by atoms with Gasteiger partial charge in [-0.3, -0.25) is 9.59 Å². The van der Waals surface area contributed by atoms with Crippen molar-refractivity contribution in [2.75, 3.05) is 22.6 Å². The third-order valence-corrected chi connectivity index (χ3v) is 9.15. The van der Waals surface area contributed by atoms with E-state index in [-0.39, 0.29) is 18.2 Å². The number of carbonyl (C=O) groups is 2. The first-order chi connectivity index (χ1) is 17.2. The topological polar surface area (TPSA) is 101 Å². The number of unbranched alkanes of at least 4 members (excludes halogenated alkanes) is 10. The zero-order valence-electron chi connectivity index (χ0n) is 22.3. The molecule has 0 unspecified atom stereocenters. The standard InChI is InChI=1S/C28H47NO5S2/c1-24(2)23-36(33,34)22-16-9-7-5-3-4-6-8-11-19-27(30)29-25-17-13-14-18-26(25)35-21-15-10-12-20-28(31)32/h13-14,17-18,24H,3-12,15-16,19-23H2,1-2H3,(H,29,30)(H,31,32). The van der Waals surface area contributed by atoms with Crippen molar-refractivity contribution in [3.63, 3.8) is 0 Å². The molecule has 1 amide bonds. The predicted octanol–water partition coefficient (Wildman–Crippen LogP) is 7.33. The molecule has 0 aliphatic carbocycles. The quantitative estimate of drug-likeness (QED) is 0.118. The molecule has 0 bridgehead atoms. The molecule has 0 heterocycles. The average Bonchev–Trinajstić information content (AvgIpc) is 2.79. The molecule has 6 nitrogen and oxygen atoms in total. The lowest BCUT2D eigenvalue weighted by molar-refractivity contribution is -0.137. The van der Waals surface area contributed by atoms with Crippen LogP contribution in [-0.2, 0) is 19.4 Å². The fraction of sp³-hybridized carbons (Fsp3) is 0.714. The van der Waals surface area contributed by atoms with Gasteiger partial charge in [-0.15, -0.1) is 11.8 Å². The molecular formula is C28H47NO5S2. The highest BCUT2D eigenvalue weighted by molar-refractivity contribution is 7.99. The van der Waals surface area contributed by atoms with E-state index in [4.69, 9.17) is 5.11 Å². The molecule has 0 aromatic heterocycles. The number of para-hydroxylation sites is 1. The smallest absolute Gasteiger partial charge is 0.303 e. The Morgan fingerprint density at radius 1 is 0.833 bits per heavy atom. The fourth-order valence-electron chi connectivity index (χ4n) is 4.08. The lowest BCUT2D eigenvalue weighted by Crippen LogP contribution is -2.15. The van der Waals surface area contributed by atoms with Gasteiger partial charge in [0.25, 0.3) is 0 Å². The average molecular weight is 542 g/mol. The molecule has 0 spiro atoms. The predicted molar refractivity (Wildman–Crippen MR) is 152 cm³/mol. The van der Waals surface area contributed by atoms with Crippen LogP contribution in [0.3, 0.4) is 0 Å². The molecule has 0 saturated heterocycles. The molecule has 0 radical (unpaired) electrons. The Bertz CT molecular complexity index is 855. The number of rotatable bonds is 22. The summed E-state index contributed by atoms with van der Waals surface area (Å²) >= 11 is 1.70. The van der Waals surface area contributed by atoms with Crippen LogP contribution in [0.15, 0.2) is 29.2 Å². The number of carboxylic acids is 1. The molecule has 2 N–H and O–H groups in total. The monoisotopic (exact) mass is 541 g/mol. The van der Waals surface area contributed by atoms with Gasteiger partial charge in [-0.1, -0.05) is 77.3 Å². The van der Waals surface area contributed by atoms with Crippen LogP contribution >= 0.6 is 11.8 Å². The van der Waals surface area contributed by atoms with E-state index in [1.807, 2.05) is 38.1 Å². The Labute approximate surface area is 223 Å². The van der Waals surface area contributed by atoms with Crippen LogP contribution in [0.1, 0.15) is 104 Å². The summed E-state index contributed by atoms with van der Waals surface area (Å²) < 4.78 is 23.8. The van der Waals surface area contributed by atoms with Gasteiger partial charge in [-0.25, -0.2) is 8.42 Å². The second kappa shape index (κ2) is 19.6. The molecule has 8 heteroatoms. The van der Waals surface area contributed by atoms with Crippen molar-refractivity contribution >= 4 is 39.2 Å². The Morgan fingerprint density at radius 3 is 2.03 bits per heavy atom. The van der Waals surface area contributed by atoms with E-state index in [2.05, 4.69) is 5.32 Å². The number of thioether (sulfide) groups is 1. The van der Waals surface area contributed by atoms with Crippen molar-refractivity contribution in [3.05, 3.63) is 24.3 Å². The molecule has 1 aromatic rings. The zero-order valence-corrected chi connectivity index (χ0v) is 23.9. The van der Waals surface area contributed by atoms with Crippen LogP contribution < -0.4 is 5.32 Å². The van der Waals surface area contributed by atoms with Crippen molar-refractivity contribution in [1.29, 1.82) is 0 Å². The summed E-state index contributed by atoms with van der Waals surface area (Å²) in [7, 11) is -2.88. The third-order valence-electron chi connectivity index (χ3n) is 5.90. The molecule has 206 valence electrons. The Kier molecular flexibility index (Phi) is 17.6. The minimum absolute atomic E-state index is 0.0527. The number of amides is 1. The van der Waals surface area contributed by atoms with Crippen LogP contribution in [0.5, 0.6) is 0 Å². The highest BCUT2D eigenvalue weighted by atomic mass is 32.2. The van der Waals surface area contributed by atoms with Gasteiger partial charge in [0, 0.05) is 17.7 Å². The molecule has 1 aromatic carbocycles. The molecule has 1 rings (SSSR count). The van der Waals surface area contributed by atoms with Crippen molar-refractivity contribution < 1.29 is 23.1 Å². The van der Waals surface area contributed by atoms with Gasteiger partial charge in [0.2, 0.25) is 5.91 Å². The number of aliphatic carboxylic acids is 1. The Hall–Kier alpha value is -1.54. The van der Waals surface area contributed by atoms with E-state index >= 15 is 0 Å². The summed E-state index contributed by atoms with van der Waals surface area (Å²) in [5.74, 6) is 1.05. The largest absolute Gasteiger partial charge is 0.481 e. The summed E-state index contributed by atoms with van der Waals surface area (Å²) in [5, 5.41) is 11.7. The molecular weight excluding hydrogens is 494 g/mol. The van der Waals surface area contributed by atoms with Gasteiger partial charge in [0.1, 0.15) is 0 Å². The van der Waals surface area contributed by atoms with Crippen molar-refractivity contribution in [1.82, 2.24) is 0 Å². The summed E-state index contributed by atoms with van der Waals surface area (Å²) in [4.78, 5) is 24.0. The number of nitrogens with one attached hydrogen (secondary N) is 1. The van der Waals surface area contributed by atoms with Gasteiger partial charge in [-0.2, -0.15) is 0 Å². The number of anilines is 1. The van der Waals surface area contributed by atoms with E-state index in [0.717, 1.165) is 74.1 Å². The van der Waals surface area contributed by atoms with Gasteiger partial charge in [-0.05, 0) is 49.5 Å². The molecule has 0 aliphatic heterocycles. The number of hydrogen-bond acceptors (Lipinski definition) is 5. The maximum absolute atomic E-state index is 12.4. The summed E-state index contributed by atoms with van der Waals surface area (Å²) in [6, 6.07) is 7.85. The highest BCUT2D eigenvalue weighted by Gasteiger charge is 2.12. The Morgan fingerprint density at radius 2 is 1.39 bits per heavy atom. The lowest BCUT2D eigenvalue weighted by Gasteiger charge is -2.11. The maximum Gasteiger partial charge on any atom is 0.303 e. The number of benzene rings is 1. The molecule has 0 atom stereocenters. The summed E-state index contributed by atoms with van der Waals surface area (Å²) in [5.41, 5.74) is 0.857. The number of hydrogen-bond donors (Lipinski definition) is 2. The van der Waals surface area contributed by atoms with Gasteiger partial charge < -0.3 is 10.4 Å². The zero-order chi connectivity index (χ0) is 26.7. The van der Waals surface area contributed by atoms with Crippen molar-refractivity contribution in [2.24, 2.45) is 5.92 Å². The number of sulfone groups is 1. The third kappa shape index (κ3) is 17.8. The van der Waals surface area contributed by atoms with E-state index in [0.29, 0.717) is 24.3 Å². The van der Waals surface area contributed by atoms with Crippen molar-refractivity contribution in [2.45, 2.75) is 109 Å². The van der Waals surface area contributed by atoms with E-state index in [9.17, 15) is 18.0 Å². The Balaban J connectivity index is 2.08. The van der Waals surface area contributed by atoms with E-state index < -0.39 is 15.8 Å².